The minimum absolute atomic E-state index is 0.231. The van der Waals surface area contributed by atoms with Gasteiger partial charge in [0.1, 0.15) is 5.52 Å². The van der Waals surface area contributed by atoms with Gasteiger partial charge >= 0.3 is 6.18 Å². The van der Waals surface area contributed by atoms with Crippen molar-refractivity contribution >= 4 is 11.0 Å². The summed E-state index contributed by atoms with van der Waals surface area (Å²) in [7, 11) is 0. The van der Waals surface area contributed by atoms with Gasteiger partial charge in [-0.25, -0.2) is 0 Å². The molecule has 0 atom stereocenters. The Balaban J connectivity index is 2.78. The third-order valence-electron chi connectivity index (χ3n) is 2.23. The molecule has 0 aliphatic rings. The molecule has 1 N–H and O–H groups in total. The molecule has 0 saturated carbocycles. The molecule has 0 radical (unpaired) electrons. The maximum Gasteiger partial charge on any atom is 0.437 e. The number of halogens is 3. The van der Waals surface area contributed by atoms with Crippen molar-refractivity contribution in [3.63, 3.8) is 0 Å². The molecule has 0 saturated heterocycles. The summed E-state index contributed by atoms with van der Waals surface area (Å²) in [5.74, 6) is 0. The third-order valence-corrected chi connectivity index (χ3v) is 2.23. The Kier molecular flexibility index (Phi) is 1.92. The van der Waals surface area contributed by atoms with Crippen molar-refractivity contribution in [1.82, 2.24) is 20.4 Å². The van der Waals surface area contributed by atoms with Crippen LogP contribution >= 0.6 is 0 Å². The number of hydrogen-bond donors (Lipinski definition) is 1. The van der Waals surface area contributed by atoms with Crippen molar-refractivity contribution in [3.05, 3.63) is 17.0 Å². The summed E-state index contributed by atoms with van der Waals surface area (Å²) < 4.78 is 37.3. The molecule has 2 aromatic heterocycles. The van der Waals surface area contributed by atoms with E-state index in [0.29, 0.717) is 11.3 Å². The average Bonchev–Trinajstić information content (AvgIpc) is 2.54. The van der Waals surface area contributed by atoms with Crippen LogP contribution in [-0.4, -0.2) is 20.4 Å². The molecular weight excluding hydrogens is 209 g/mol. The number of nitrogens with one attached hydrogen (secondary N) is 1. The van der Waals surface area contributed by atoms with Gasteiger partial charge in [-0.15, -0.1) is 5.10 Å². The first kappa shape index (κ1) is 9.88. The molecular formula is C8H7F3N4. The summed E-state index contributed by atoms with van der Waals surface area (Å²) in [5, 5.41) is 12.7. The largest absolute Gasteiger partial charge is 0.437 e. The zero-order valence-electron chi connectivity index (χ0n) is 7.98. The fourth-order valence-electron chi connectivity index (χ4n) is 1.27. The van der Waals surface area contributed by atoms with E-state index in [9.17, 15) is 13.2 Å². The zero-order chi connectivity index (χ0) is 11.2. The lowest BCUT2D eigenvalue weighted by atomic mass is 10.2. The second kappa shape index (κ2) is 2.91. The normalized spacial score (nSPS) is 12.3. The summed E-state index contributed by atoms with van der Waals surface area (Å²) >= 11 is 0. The maximum absolute atomic E-state index is 12.4. The van der Waals surface area contributed by atoms with E-state index in [-0.39, 0.29) is 11.0 Å². The van der Waals surface area contributed by atoms with Crippen LogP contribution in [0.15, 0.2) is 0 Å². The van der Waals surface area contributed by atoms with Gasteiger partial charge in [-0.1, -0.05) is 0 Å². The predicted octanol–water partition coefficient (Wildman–Crippen LogP) is 1.99. The van der Waals surface area contributed by atoms with Crippen LogP contribution in [0.3, 0.4) is 0 Å². The average molecular weight is 216 g/mol. The van der Waals surface area contributed by atoms with E-state index >= 15 is 0 Å². The van der Waals surface area contributed by atoms with Gasteiger partial charge < -0.3 is 0 Å². The molecule has 7 heteroatoms. The van der Waals surface area contributed by atoms with Gasteiger partial charge in [0.05, 0.1) is 11.2 Å². The van der Waals surface area contributed by atoms with Crippen LogP contribution < -0.4 is 0 Å². The molecule has 0 amide bonds. The van der Waals surface area contributed by atoms with E-state index in [2.05, 4.69) is 20.4 Å². The van der Waals surface area contributed by atoms with E-state index in [1.54, 1.807) is 13.8 Å². The van der Waals surface area contributed by atoms with Crippen molar-refractivity contribution in [2.45, 2.75) is 20.0 Å². The van der Waals surface area contributed by atoms with Gasteiger partial charge in [-0.2, -0.15) is 23.4 Å². The van der Waals surface area contributed by atoms with E-state index in [1.807, 2.05) is 0 Å². The predicted molar refractivity (Wildman–Crippen MR) is 46.2 cm³/mol. The molecule has 0 aliphatic heterocycles. The van der Waals surface area contributed by atoms with Crippen LogP contribution in [0.1, 0.15) is 17.0 Å². The van der Waals surface area contributed by atoms with Crippen LogP contribution in [0.2, 0.25) is 0 Å². The molecule has 0 fully saturated rings. The summed E-state index contributed by atoms with van der Waals surface area (Å²) in [6.45, 7) is 3.35. The van der Waals surface area contributed by atoms with Crippen LogP contribution in [0.25, 0.3) is 11.0 Å². The minimum atomic E-state index is -4.51. The summed E-state index contributed by atoms with van der Waals surface area (Å²) in [6, 6.07) is 0. The standard InChI is InChI=1S/C8H7F3N4/c1-3-4(2)12-14-6-5(3)13-15-7(6)8(9,10)11/h1-2H3,(H,13,15). The van der Waals surface area contributed by atoms with Crippen molar-refractivity contribution in [2.75, 3.05) is 0 Å². The minimum Gasteiger partial charge on any atom is -0.275 e. The highest BCUT2D eigenvalue weighted by molar-refractivity contribution is 5.80. The van der Waals surface area contributed by atoms with Crippen LogP contribution in [0, 0.1) is 13.8 Å². The molecule has 0 unspecified atom stereocenters. The fraction of sp³-hybridized carbons (Fsp3) is 0.375. The number of aromatic amines is 1. The first-order chi connectivity index (χ1) is 6.91. The number of nitrogens with zero attached hydrogens (tertiary/aromatic N) is 3. The highest BCUT2D eigenvalue weighted by Crippen LogP contribution is 2.32. The highest BCUT2D eigenvalue weighted by atomic mass is 19.4. The Morgan fingerprint density at radius 2 is 1.80 bits per heavy atom. The molecule has 0 aromatic carbocycles. The lowest BCUT2D eigenvalue weighted by Crippen LogP contribution is -2.07. The summed E-state index contributed by atoms with van der Waals surface area (Å²) in [6.07, 6.45) is -4.51. The smallest absolute Gasteiger partial charge is 0.275 e. The van der Waals surface area contributed by atoms with Crippen molar-refractivity contribution in [2.24, 2.45) is 0 Å². The fourth-order valence-corrected chi connectivity index (χ4v) is 1.27. The number of hydrogen-bond acceptors (Lipinski definition) is 3. The number of aryl methyl sites for hydroxylation is 2. The Bertz CT molecular complexity index is 514. The van der Waals surface area contributed by atoms with E-state index in [1.165, 1.54) is 0 Å². The topological polar surface area (TPSA) is 54.5 Å². The third kappa shape index (κ3) is 1.43. The SMILES string of the molecule is Cc1nnc2c(C(F)(F)F)n[nH]c2c1C. The summed E-state index contributed by atoms with van der Waals surface area (Å²) in [4.78, 5) is 0. The Morgan fingerprint density at radius 3 is 2.40 bits per heavy atom. The zero-order valence-corrected chi connectivity index (χ0v) is 7.98. The van der Waals surface area contributed by atoms with E-state index < -0.39 is 11.9 Å². The highest BCUT2D eigenvalue weighted by Gasteiger charge is 2.37. The Labute approximate surface area is 82.5 Å². The molecule has 0 spiro atoms. The van der Waals surface area contributed by atoms with Gasteiger partial charge in [0, 0.05) is 0 Å². The molecule has 0 bridgehead atoms. The van der Waals surface area contributed by atoms with Crippen molar-refractivity contribution in [1.29, 1.82) is 0 Å². The van der Waals surface area contributed by atoms with Crippen LogP contribution in [-0.2, 0) is 6.18 Å². The molecule has 2 heterocycles. The molecule has 2 aromatic rings. The van der Waals surface area contributed by atoms with Gasteiger partial charge in [0.15, 0.2) is 5.69 Å². The molecule has 15 heavy (non-hydrogen) atoms. The number of rotatable bonds is 0. The van der Waals surface area contributed by atoms with Gasteiger partial charge in [0.25, 0.3) is 0 Å². The molecule has 80 valence electrons. The first-order valence-corrected chi connectivity index (χ1v) is 4.16. The quantitative estimate of drug-likeness (QED) is 0.732. The second-order valence-electron chi connectivity index (χ2n) is 3.20. The molecule has 2 rings (SSSR count). The lowest BCUT2D eigenvalue weighted by molar-refractivity contribution is -0.140. The van der Waals surface area contributed by atoms with Crippen LogP contribution in [0.4, 0.5) is 13.2 Å². The molecule has 0 aliphatic carbocycles. The Hall–Kier alpha value is -1.66. The number of H-pyrrole nitrogens is 1. The monoisotopic (exact) mass is 216 g/mol. The van der Waals surface area contributed by atoms with Crippen molar-refractivity contribution in [3.8, 4) is 0 Å². The van der Waals surface area contributed by atoms with E-state index in [4.69, 9.17) is 0 Å². The number of alkyl halides is 3. The van der Waals surface area contributed by atoms with Gasteiger partial charge in [0.2, 0.25) is 0 Å². The van der Waals surface area contributed by atoms with Gasteiger partial charge in [-0.3, -0.25) is 5.10 Å². The number of aromatic nitrogens is 4. The molecule has 4 nitrogen and oxygen atoms in total. The Morgan fingerprint density at radius 1 is 1.13 bits per heavy atom. The summed E-state index contributed by atoms with van der Waals surface area (Å²) in [5.41, 5.74) is 0.247. The maximum atomic E-state index is 12.4. The lowest BCUT2D eigenvalue weighted by Gasteiger charge is -2.02. The van der Waals surface area contributed by atoms with Gasteiger partial charge in [-0.05, 0) is 19.4 Å². The second-order valence-corrected chi connectivity index (χ2v) is 3.20. The van der Waals surface area contributed by atoms with Crippen molar-refractivity contribution < 1.29 is 13.2 Å². The first-order valence-electron chi connectivity index (χ1n) is 4.16. The number of fused-ring (bicyclic) bond motifs is 1. The van der Waals surface area contributed by atoms with E-state index in [0.717, 1.165) is 0 Å². The van der Waals surface area contributed by atoms with Crippen LogP contribution in [0.5, 0.6) is 0 Å².